The summed E-state index contributed by atoms with van der Waals surface area (Å²) in [7, 11) is 0. The van der Waals surface area contributed by atoms with Crippen LogP contribution in [0.3, 0.4) is 0 Å². The van der Waals surface area contributed by atoms with E-state index < -0.39 is 11.6 Å². The minimum atomic E-state index is -0.677. The lowest BCUT2D eigenvalue weighted by Crippen LogP contribution is -2.50. The molecule has 0 aliphatic carbocycles. The van der Waals surface area contributed by atoms with E-state index in [2.05, 4.69) is 25.7 Å². The van der Waals surface area contributed by atoms with Crippen LogP contribution in [0, 0.1) is 11.6 Å². The van der Waals surface area contributed by atoms with Gasteiger partial charge in [-0.15, -0.1) is 0 Å². The fourth-order valence-corrected chi connectivity index (χ4v) is 3.07. The number of ether oxygens (including phenoxy) is 1. The van der Waals surface area contributed by atoms with E-state index in [1.165, 1.54) is 22.7 Å². The van der Waals surface area contributed by atoms with Gasteiger partial charge < -0.3 is 15.4 Å². The Morgan fingerprint density at radius 2 is 1.90 bits per heavy atom. The molecule has 1 saturated heterocycles. The van der Waals surface area contributed by atoms with E-state index in [1.807, 2.05) is 0 Å². The average Bonchev–Trinajstić information content (AvgIpc) is 3.08. The van der Waals surface area contributed by atoms with Gasteiger partial charge in [0.1, 0.15) is 29.2 Å². The number of benzene rings is 1. The Morgan fingerprint density at radius 1 is 1.07 bits per heavy atom. The van der Waals surface area contributed by atoms with E-state index in [4.69, 9.17) is 4.74 Å². The second-order valence-electron chi connectivity index (χ2n) is 6.63. The molecular weight excluding hydrogens is 378 g/mol. The summed E-state index contributed by atoms with van der Waals surface area (Å²) in [5.41, 5.74) is 1.27. The number of fused-ring (bicyclic) bond motifs is 1. The predicted molar refractivity (Wildman–Crippen MR) is 103 cm³/mol. The zero-order chi connectivity index (χ0) is 19.8. The monoisotopic (exact) mass is 394 g/mol. The molecule has 7 nitrogen and oxygen atoms in total. The maximum absolute atomic E-state index is 14.2. The largest absolute Gasteiger partial charge is 0.485 e. The molecule has 3 aromatic heterocycles. The molecule has 4 aromatic rings. The fraction of sp³-hybridized carbons (Fsp3) is 0.150. The topological polar surface area (TPSA) is 76.4 Å². The van der Waals surface area contributed by atoms with Crippen molar-refractivity contribution >= 4 is 17.2 Å². The second-order valence-corrected chi connectivity index (χ2v) is 6.63. The summed E-state index contributed by atoms with van der Waals surface area (Å²) < 4.78 is 35.8. The highest BCUT2D eigenvalue weighted by molar-refractivity contribution is 5.66. The standard InChI is InChI=1S/C20H16F2N6O/c21-14-2-1-3-15(22)19(14)16-5-4-12-8-25-20(28(12)27-16)26-17-11-23-7-6-18(17)29-13-9-24-10-13/h1-8,11,13,24H,9-10H2,(H,25,26). The first-order chi connectivity index (χ1) is 14.2. The number of nitrogens with zero attached hydrogens (tertiary/aromatic N) is 4. The van der Waals surface area contributed by atoms with E-state index in [1.54, 1.807) is 36.8 Å². The number of anilines is 2. The van der Waals surface area contributed by atoms with Crippen molar-refractivity contribution in [3.05, 3.63) is 66.6 Å². The molecule has 0 unspecified atom stereocenters. The van der Waals surface area contributed by atoms with Crippen LogP contribution in [0.2, 0.25) is 0 Å². The number of rotatable bonds is 5. The zero-order valence-corrected chi connectivity index (χ0v) is 15.1. The van der Waals surface area contributed by atoms with Gasteiger partial charge in [0.05, 0.1) is 29.2 Å². The van der Waals surface area contributed by atoms with Gasteiger partial charge in [0.15, 0.2) is 0 Å². The summed E-state index contributed by atoms with van der Waals surface area (Å²) in [6, 6.07) is 8.75. The van der Waals surface area contributed by atoms with Crippen LogP contribution >= 0.6 is 0 Å². The van der Waals surface area contributed by atoms with Gasteiger partial charge >= 0.3 is 0 Å². The number of hydrogen-bond donors (Lipinski definition) is 2. The molecule has 1 aliphatic heterocycles. The third kappa shape index (κ3) is 3.25. The van der Waals surface area contributed by atoms with Crippen molar-refractivity contribution in [1.82, 2.24) is 24.9 Å². The van der Waals surface area contributed by atoms with Crippen LogP contribution in [-0.2, 0) is 0 Å². The van der Waals surface area contributed by atoms with Gasteiger partial charge in [-0.1, -0.05) is 6.07 Å². The molecule has 0 bridgehead atoms. The molecular formula is C20H16F2N6O. The van der Waals surface area contributed by atoms with E-state index in [9.17, 15) is 8.78 Å². The highest BCUT2D eigenvalue weighted by atomic mass is 19.1. The Morgan fingerprint density at radius 3 is 2.66 bits per heavy atom. The van der Waals surface area contributed by atoms with E-state index >= 15 is 0 Å². The lowest BCUT2D eigenvalue weighted by atomic mass is 10.1. The van der Waals surface area contributed by atoms with Crippen LogP contribution in [0.15, 0.2) is 55.0 Å². The van der Waals surface area contributed by atoms with Crippen molar-refractivity contribution in [3.8, 4) is 17.0 Å². The normalized spacial score (nSPS) is 14.0. The van der Waals surface area contributed by atoms with Gasteiger partial charge in [0.2, 0.25) is 5.95 Å². The molecule has 1 aliphatic rings. The SMILES string of the molecule is Fc1cccc(F)c1-c1ccc2cnc(Nc3cnccc3OC3CNC3)n2n1. The van der Waals surface area contributed by atoms with Gasteiger partial charge in [-0.3, -0.25) is 4.98 Å². The summed E-state index contributed by atoms with van der Waals surface area (Å²) in [6.07, 6.45) is 4.99. The van der Waals surface area contributed by atoms with Gasteiger partial charge in [-0.25, -0.2) is 13.8 Å². The van der Waals surface area contributed by atoms with Crippen molar-refractivity contribution in [2.75, 3.05) is 18.4 Å². The maximum atomic E-state index is 14.2. The highest BCUT2D eigenvalue weighted by Crippen LogP contribution is 2.29. The summed E-state index contributed by atoms with van der Waals surface area (Å²) >= 11 is 0. The van der Waals surface area contributed by atoms with Crippen molar-refractivity contribution in [3.63, 3.8) is 0 Å². The van der Waals surface area contributed by atoms with Crippen LogP contribution in [0.4, 0.5) is 20.4 Å². The van der Waals surface area contributed by atoms with Gasteiger partial charge in [-0.05, 0) is 24.3 Å². The number of pyridine rings is 1. The second kappa shape index (κ2) is 7.10. The van der Waals surface area contributed by atoms with Crippen LogP contribution < -0.4 is 15.4 Å². The molecule has 4 heterocycles. The number of nitrogens with one attached hydrogen (secondary N) is 2. The Hall–Kier alpha value is -3.59. The van der Waals surface area contributed by atoms with E-state index in [-0.39, 0.29) is 17.4 Å². The van der Waals surface area contributed by atoms with Crippen molar-refractivity contribution in [1.29, 1.82) is 0 Å². The number of aromatic nitrogens is 4. The van der Waals surface area contributed by atoms with Crippen molar-refractivity contribution < 1.29 is 13.5 Å². The highest BCUT2D eigenvalue weighted by Gasteiger charge is 2.20. The first-order valence-electron chi connectivity index (χ1n) is 9.06. The van der Waals surface area contributed by atoms with Crippen LogP contribution in [0.1, 0.15) is 0 Å². The van der Waals surface area contributed by atoms with Crippen LogP contribution in [0.25, 0.3) is 16.8 Å². The van der Waals surface area contributed by atoms with Crippen molar-refractivity contribution in [2.45, 2.75) is 6.10 Å². The lowest BCUT2D eigenvalue weighted by Gasteiger charge is -2.28. The number of hydrogen-bond acceptors (Lipinski definition) is 6. The first kappa shape index (κ1) is 17.5. The third-order valence-electron chi connectivity index (χ3n) is 4.67. The van der Waals surface area contributed by atoms with Gasteiger partial charge in [-0.2, -0.15) is 9.61 Å². The number of halogens is 2. The van der Waals surface area contributed by atoms with Gasteiger partial charge in [0, 0.05) is 25.4 Å². The average molecular weight is 394 g/mol. The molecule has 0 saturated carbocycles. The molecule has 146 valence electrons. The Bertz CT molecular complexity index is 1170. The molecule has 0 spiro atoms. The summed E-state index contributed by atoms with van der Waals surface area (Å²) in [5.74, 6) is -0.338. The first-order valence-corrected chi connectivity index (χ1v) is 9.06. The Kier molecular flexibility index (Phi) is 4.28. The molecule has 29 heavy (non-hydrogen) atoms. The Labute approximate surface area is 164 Å². The molecule has 2 N–H and O–H groups in total. The predicted octanol–water partition coefficient (Wildman–Crippen LogP) is 3.16. The molecule has 9 heteroatoms. The summed E-state index contributed by atoms with van der Waals surface area (Å²) in [6.45, 7) is 1.57. The zero-order valence-electron chi connectivity index (χ0n) is 15.1. The van der Waals surface area contributed by atoms with Crippen molar-refractivity contribution in [2.24, 2.45) is 0 Å². The minimum absolute atomic E-state index is 0.101. The van der Waals surface area contributed by atoms with Crippen LogP contribution in [-0.4, -0.2) is 38.8 Å². The molecule has 0 radical (unpaired) electrons. The summed E-state index contributed by atoms with van der Waals surface area (Å²) in [4.78, 5) is 8.46. The van der Waals surface area contributed by atoms with E-state index in [0.717, 1.165) is 13.1 Å². The molecule has 5 rings (SSSR count). The maximum Gasteiger partial charge on any atom is 0.229 e. The Balaban J connectivity index is 1.52. The quantitative estimate of drug-likeness (QED) is 0.542. The molecule has 1 fully saturated rings. The summed E-state index contributed by atoms with van der Waals surface area (Å²) in [5, 5.41) is 10.7. The lowest BCUT2D eigenvalue weighted by molar-refractivity contribution is 0.143. The van der Waals surface area contributed by atoms with Crippen LogP contribution in [0.5, 0.6) is 5.75 Å². The minimum Gasteiger partial charge on any atom is -0.485 e. The molecule has 0 atom stereocenters. The van der Waals surface area contributed by atoms with Gasteiger partial charge in [0.25, 0.3) is 0 Å². The number of imidazole rings is 1. The van der Waals surface area contributed by atoms with E-state index in [0.29, 0.717) is 22.9 Å². The fourth-order valence-electron chi connectivity index (χ4n) is 3.07. The smallest absolute Gasteiger partial charge is 0.229 e. The molecule has 0 amide bonds. The molecule has 1 aromatic carbocycles. The third-order valence-corrected chi connectivity index (χ3v) is 4.67.